The van der Waals surface area contributed by atoms with E-state index >= 15 is 0 Å². The molecule has 1 amide bonds. The molecule has 48 heavy (non-hydrogen) atoms. The molecule has 0 atom stereocenters. The zero-order chi connectivity index (χ0) is 35.1. The molecule has 0 aliphatic rings. The monoisotopic (exact) mass is 698 g/mol. The lowest BCUT2D eigenvalue weighted by Gasteiger charge is -2.16. The van der Waals surface area contributed by atoms with Crippen LogP contribution in [0.2, 0.25) is 25.7 Å². The van der Waals surface area contributed by atoms with Gasteiger partial charge < -0.3 is 25.6 Å². The number of aromatic carboxylic acids is 1. The Morgan fingerprint density at radius 3 is 2.40 bits per heavy atom. The van der Waals surface area contributed by atoms with Crippen LogP contribution in [-0.4, -0.2) is 67.2 Å². The van der Waals surface area contributed by atoms with Gasteiger partial charge >= 0.3 is 5.97 Å². The van der Waals surface area contributed by atoms with Crippen LogP contribution in [0.5, 0.6) is 5.75 Å². The van der Waals surface area contributed by atoms with Crippen molar-refractivity contribution in [2.75, 3.05) is 29.0 Å². The Morgan fingerprint density at radius 1 is 1.06 bits per heavy atom. The molecule has 0 fully saturated rings. The van der Waals surface area contributed by atoms with Gasteiger partial charge in [-0.3, -0.25) is 9.52 Å². The highest BCUT2D eigenvalue weighted by Gasteiger charge is 2.26. The number of primary amides is 1. The number of sulfonamides is 1. The first-order valence-corrected chi connectivity index (χ1v) is 20.5. The van der Waals surface area contributed by atoms with Crippen LogP contribution in [0.4, 0.5) is 21.7 Å². The zero-order valence-electron chi connectivity index (χ0n) is 27.1. The van der Waals surface area contributed by atoms with Gasteiger partial charge in [-0.25, -0.2) is 27.3 Å². The predicted octanol–water partition coefficient (Wildman–Crippen LogP) is 5.32. The molecule has 2 aromatic heterocycles. The van der Waals surface area contributed by atoms with Gasteiger partial charge in [-0.05, 0) is 54.9 Å². The third-order valence-electron chi connectivity index (χ3n) is 7.13. The van der Waals surface area contributed by atoms with E-state index in [-0.39, 0.29) is 64.8 Å². The Bertz CT molecular complexity index is 1860. The summed E-state index contributed by atoms with van der Waals surface area (Å²) in [7, 11) is -5.09. The average molecular weight is 699 g/mol. The molecule has 13 nitrogen and oxygen atoms in total. The average Bonchev–Trinajstić information content (AvgIpc) is 3.38. The third-order valence-corrected chi connectivity index (χ3v) is 10.1. The number of hydrogen-bond donors (Lipinski definition) is 4. The molecule has 256 valence electrons. The van der Waals surface area contributed by atoms with E-state index in [2.05, 4.69) is 39.8 Å². The highest BCUT2D eigenvalue weighted by atomic mass is 32.2. The van der Waals surface area contributed by atoms with Crippen LogP contribution in [0.1, 0.15) is 33.2 Å². The maximum atomic E-state index is 13.4. The number of pyridine rings is 1. The smallest absolute Gasteiger partial charge is 0.337 e. The molecule has 4 rings (SSSR count). The van der Waals surface area contributed by atoms with Crippen LogP contribution in [0, 0.1) is 5.82 Å². The van der Waals surface area contributed by atoms with Gasteiger partial charge in [-0.2, -0.15) is 5.10 Å². The van der Waals surface area contributed by atoms with Crippen molar-refractivity contribution in [1.29, 1.82) is 0 Å². The van der Waals surface area contributed by atoms with Gasteiger partial charge in [0.25, 0.3) is 5.91 Å². The molecule has 5 N–H and O–H groups in total. The molecule has 0 aliphatic carbocycles. The fourth-order valence-corrected chi connectivity index (χ4v) is 5.81. The lowest BCUT2D eigenvalue weighted by molar-refractivity contribution is 0.0696. The van der Waals surface area contributed by atoms with Crippen LogP contribution in [0.15, 0.2) is 60.8 Å². The summed E-state index contributed by atoms with van der Waals surface area (Å²) < 4.78 is 54.2. The number of carboxylic acids is 1. The summed E-state index contributed by atoms with van der Waals surface area (Å²) in [6, 6.07) is 14.3. The number of rotatable bonds is 17. The third kappa shape index (κ3) is 9.85. The first kappa shape index (κ1) is 36.0. The number of benzene rings is 2. The van der Waals surface area contributed by atoms with E-state index in [1.54, 1.807) is 24.3 Å². The van der Waals surface area contributed by atoms with Crippen molar-refractivity contribution in [3.05, 3.63) is 83.3 Å². The molecule has 0 spiro atoms. The van der Waals surface area contributed by atoms with E-state index < -0.39 is 30.0 Å². The first-order valence-electron chi connectivity index (χ1n) is 15.1. The second kappa shape index (κ2) is 15.4. The number of halogens is 1. The van der Waals surface area contributed by atoms with Gasteiger partial charge in [0.15, 0.2) is 0 Å². The molecule has 0 aliphatic heterocycles. The van der Waals surface area contributed by atoms with Gasteiger partial charge in [-0.1, -0.05) is 37.8 Å². The molecule has 0 radical (unpaired) electrons. The summed E-state index contributed by atoms with van der Waals surface area (Å²) >= 11 is 0. The van der Waals surface area contributed by atoms with Crippen molar-refractivity contribution in [3.63, 3.8) is 0 Å². The van der Waals surface area contributed by atoms with Gasteiger partial charge in [-0.15, -0.1) is 0 Å². The Labute approximate surface area is 279 Å². The predicted molar refractivity (Wildman–Crippen MR) is 183 cm³/mol. The minimum absolute atomic E-state index is 0.00735. The van der Waals surface area contributed by atoms with E-state index in [0.717, 1.165) is 11.6 Å². The summed E-state index contributed by atoms with van der Waals surface area (Å²) in [5.74, 6) is -1.94. The van der Waals surface area contributed by atoms with Crippen LogP contribution in [-0.2, 0) is 27.9 Å². The molecule has 2 aromatic carbocycles. The number of carboxylic acid groups (broad SMARTS) is 1. The number of aromatic nitrogens is 3. The fourth-order valence-electron chi connectivity index (χ4n) is 4.41. The zero-order valence-corrected chi connectivity index (χ0v) is 28.9. The largest absolute Gasteiger partial charge is 0.491 e. The van der Waals surface area contributed by atoms with Crippen molar-refractivity contribution in [1.82, 2.24) is 14.8 Å². The van der Waals surface area contributed by atoms with E-state index in [1.165, 1.54) is 48.1 Å². The number of hydrogen-bond acceptors (Lipinski definition) is 9. The lowest BCUT2D eigenvalue weighted by atomic mass is 10.1. The Hall–Kier alpha value is -4.80. The first-order chi connectivity index (χ1) is 22.7. The second-order valence-electron chi connectivity index (χ2n) is 12.1. The molecule has 0 unspecified atom stereocenters. The molecule has 0 saturated heterocycles. The van der Waals surface area contributed by atoms with Crippen molar-refractivity contribution in [3.8, 4) is 17.0 Å². The fraction of sp³-hybridized carbons (Fsp3) is 0.312. The maximum absolute atomic E-state index is 13.4. The van der Waals surface area contributed by atoms with Gasteiger partial charge in [0.2, 0.25) is 10.0 Å². The summed E-state index contributed by atoms with van der Waals surface area (Å²) in [5.41, 5.74) is 7.41. The molecular weight excluding hydrogens is 660 g/mol. The topological polar surface area (TPSA) is 188 Å². The Kier molecular flexibility index (Phi) is 11.6. The summed E-state index contributed by atoms with van der Waals surface area (Å²) in [4.78, 5) is 28.5. The second-order valence-corrected chi connectivity index (χ2v) is 19.7. The molecule has 0 saturated carbocycles. The minimum atomic E-state index is -3.68. The van der Waals surface area contributed by atoms with Gasteiger partial charge in [0.05, 0.1) is 23.6 Å². The van der Waals surface area contributed by atoms with Gasteiger partial charge in [0.1, 0.15) is 41.2 Å². The van der Waals surface area contributed by atoms with Crippen molar-refractivity contribution >= 4 is 47.3 Å². The number of amides is 1. The quantitative estimate of drug-likeness (QED) is 0.0830. The van der Waals surface area contributed by atoms with E-state index in [1.807, 2.05) is 0 Å². The molecule has 0 bridgehead atoms. The molecule has 4 aromatic rings. The highest BCUT2D eigenvalue weighted by molar-refractivity contribution is 7.92. The number of ether oxygens (including phenoxy) is 2. The number of anilines is 3. The van der Waals surface area contributed by atoms with Crippen LogP contribution in [0.25, 0.3) is 11.3 Å². The van der Waals surface area contributed by atoms with Crippen LogP contribution in [0.3, 0.4) is 0 Å². The van der Waals surface area contributed by atoms with Crippen molar-refractivity contribution < 1.29 is 37.0 Å². The number of nitrogens with zero attached hydrogens (tertiary/aromatic N) is 3. The molecule has 16 heteroatoms. The SMILES string of the molecule is CCS(=O)(=O)Nc1ccc(-c2nn(COCC[Si](C)(C)C)c(Nc3ccc(C(=O)O)cn3)c2C(N)=O)cc1OCCc1ccc(F)cc1. The Balaban J connectivity index is 1.75. The Morgan fingerprint density at radius 2 is 1.79 bits per heavy atom. The normalized spacial score (nSPS) is 11.7. The maximum Gasteiger partial charge on any atom is 0.337 e. The molecule has 2 heterocycles. The summed E-state index contributed by atoms with van der Waals surface area (Å²) in [5, 5.41) is 17.0. The highest BCUT2D eigenvalue weighted by Crippen LogP contribution is 2.36. The number of nitrogens with one attached hydrogen (secondary N) is 2. The van der Waals surface area contributed by atoms with E-state index in [4.69, 9.17) is 15.2 Å². The lowest BCUT2D eigenvalue weighted by Crippen LogP contribution is -2.22. The van der Waals surface area contributed by atoms with E-state index in [0.29, 0.717) is 18.6 Å². The summed E-state index contributed by atoms with van der Waals surface area (Å²) in [6.07, 6.45) is 1.58. The van der Waals surface area contributed by atoms with Crippen molar-refractivity contribution in [2.24, 2.45) is 5.73 Å². The van der Waals surface area contributed by atoms with Crippen LogP contribution < -0.4 is 20.5 Å². The van der Waals surface area contributed by atoms with E-state index in [9.17, 15) is 27.5 Å². The molecular formula is C32H39FN6O7SSi. The number of carbonyl (C=O) groups excluding carboxylic acids is 1. The summed E-state index contributed by atoms with van der Waals surface area (Å²) in [6.45, 7) is 8.70. The van der Waals surface area contributed by atoms with Gasteiger partial charge in [0, 0.05) is 32.9 Å². The number of carbonyl (C=O) groups is 2. The van der Waals surface area contributed by atoms with Crippen molar-refractivity contribution in [2.45, 2.75) is 45.8 Å². The van der Waals surface area contributed by atoms with Crippen LogP contribution >= 0.6 is 0 Å². The minimum Gasteiger partial charge on any atom is -0.491 e. The number of nitrogens with two attached hydrogens (primary N) is 1. The standard InChI is InChI=1S/C32H39FN6O7SSi/c1-5-47(43,44)38-25-12-8-22(18-26(25)46-15-14-21-6-10-24(33)11-7-21)29-28(30(34)40)31(36-27-13-9-23(19-35-27)32(41)42)39(37-29)20-45-16-17-48(2,3)4/h6-13,18-19,38H,5,14-17,20H2,1-4H3,(H2,34,40)(H,35,36)(H,41,42).